The molecule has 20 heavy (non-hydrogen) atoms. The predicted molar refractivity (Wildman–Crippen MR) is 83.9 cm³/mol. The molecule has 2 heteroatoms. The molecule has 0 atom stereocenters. The van der Waals surface area contributed by atoms with Crippen LogP contribution < -0.4 is 0 Å². The molecule has 0 saturated heterocycles. The van der Waals surface area contributed by atoms with Gasteiger partial charge in [-0.15, -0.1) is 11.8 Å². The molecule has 1 aliphatic carbocycles. The topological polar surface area (TPSA) is 23.8 Å². The Hall–Kier alpha value is -1.72. The zero-order chi connectivity index (χ0) is 13.9. The van der Waals surface area contributed by atoms with Gasteiger partial charge in [0.1, 0.15) is 0 Å². The maximum absolute atomic E-state index is 8.90. The Balaban J connectivity index is 1.72. The second-order valence-electron chi connectivity index (χ2n) is 5.33. The summed E-state index contributed by atoms with van der Waals surface area (Å²) in [6.07, 6.45) is 3.78. The molecule has 0 heterocycles. The van der Waals surface area contributed by atoms with E-state index in [1.165, 1.54) is 46.4 Å². The van der Waals surface area contributed by atoms with Crippen LogP contribution in [0.2, 0.25) is 0 Å². The van der Waals surface area contributed by atoms with E-state index < -0.39 is 0 Å². The average molecular weight is 279 g/mol. The molecule has 0 radical (unpaired) electrons. The van der Waals surface area contributed by atoms with Crippen molar-refractivity contribution in [1.29, 1.82) is 5.26 Å². The Bertz CT molecular complexity index is 682. The third-order valence-electron chi connectivity index (χ3n) is 3.94. The van der Waals surface area contributed by atoms with Gasteiger partial charge in [-0.3, -0.25) is 0 Å². The SMILES string of the molecule is Cc1cc(C#N)ccc1CSc1ccc2c(c1)CCC2. The molecule has 0 aromatic heterocycles. The summed E-state index contributed by atoms with van der Waals surface area (Å²) >= 11 is 1.88. The number of nitriles is 1. The highest BCUT2D eigenvalue weighted by Crippen LogP contribution is 2.30. The highest BCUT2D eigenvalue weighted by molar-refractivity contribution is 7.98. The predicted octanol–water partition coefficient (Wildman–Crippen LogP) is 4.65. The lowest BCUT2D eigenvalue weighted by atomic mass is 10.1. The van der Waals surface area contributed by atoms with Crippen molar-refractivity contribution in [2.45, 2.75) is 36.8 Å². The molecule has 0 amide bonds. The van der Waals surface area contributed by atoms with E-state index in [-0.39, 0.29) is 0 Å². The zero-order valence-corrected chi connectivity index (χ0v) is 12.5. The summed E-state index contributed by atoms with van der Waals surface area (Å²) in [5.41, 5.74) is 6.33. The first-order valence-corrected chi connectivity index (χ1v) is 7.99. The second kappa shape index (κ2) is 5.73. The largest absolute Gasteiger partial charge is 0.192 e. The van der Waals surface area contributed by atoms with Crippen LogP contribution in [0, 0.1) is 18.3 Å². The highest BCUT2D eigenvalue weighted by atomic mass is 32.2. The molecule has 0 bridgehead atoms. The maximum atomic E-state index is 8.90. The van der Waals surface area contributed by atoms with Gasteiger partial charge in [0.2, 0.25) is 0 Å². The molecule has 0 saturated carbocycles. The third kappa shape index (κ3) is 2.73. The molecule has 3 rings (SSSR count). The van der Waals surface area contributed by atoms with Crippen LogP contribution in [-0.4, -0.2) is 0 Å². The van der Waals surface area contributed by atoms with Gasteiger partial charge in [-0.25, -0.2) is 0 Å². The van der Waals surface area contributed by atoms with Crippen molar-refractivity contribution in [3.63, 3.8) is 0 Å². The summed E-state index contributed by atoms with van der Waals surface area (Å²) in [4.78, 5) is 1.36. The van der Waals surface area contributed by atoms with Crippen molar-refractivity contribution in [2.75, 3.05) is 0 Å². The first-order chi connectivity index (χ1) is 9.76. The Morgan fingerprint density at radius 1 is 1.10 bits per heavy atom. The number of fused-ring (bicyclic) bond motifs is 1. The van der Waals surface area contributed by atoms with Crippen LogP contribution in [0.25, 0.3) is 0 Å². The van der Waals surface area contributed by atoms with Crippen LogP contribution >= 0.6 is 11.8 Å². The van der Waals surface area contributed by atoms with Gasteiger partial charge in [0.25, 0.3) is 0 Å². The first-order valence-electron chi connectivity index (χ1n) is 7.00. The normalized spacial score (nSPS) is 13.0. The number of thioether (sulfide) groups is 1. The minimum atomic E-state index is 0.744. The molecule has 1 aliphatic rings. The van der Waals surface area contributed by atoms with Gasteiger partial charge in [-0.05, 0) is 72.7 Å². The van der Waals surface area contributed by atoms with E-state index in [2.05, 4.69) is 37.3 Å². The summed E-state index contributed by atoms with van der Waals surface area (Å²) in [7, 11) is 0. The fraction of sp³-hybridized carbons (Fsp3) is 0.278. The number of hydrogen-bond donors (Lipinski definition) is 0. The number of aryl methyl sites for hydroxylation is 3. The molecule has 0 spiro atoms. The molecule has 0 aliphatic heterocycles. The first kappa shape index (κ1) is 13.3. The summed E-state index contributed by atoms with van der Waals surface area (Å²) in [6.45, 7) is 2.08. The molecule has 2 aromatic carbocycles. The Morgan fingerprint density at radius 3 is 2.75 bits per heavy atom. The van der Waals surface area contributed by atoms with Crippen molar-refractivity contribution < 1.29 is 0 Å². The lowest BCUT2D eigenvalue weighted by molar-refractivity contribution is 0.911. The van der Waals surface area contributed by atoms with Crippen molar-refractivity contribution in [3.8, 4) is 6.07 Å². The maximum Gasteiger partial charge on any atom is 0.0991 e. The molecular formula is C18H17NS. The van der Waals surface area contributed by atoms with Crippen LogP contribution in [0.3, 0.4) is 0 Å². The third-order valence-corrected chi connectivity index (χ3v) is 4.98. The van der Waals surface area contributed by atoms with E-state index in [1.54, 1.807) is 0 Å². The Labute approximate surface area is 124 Å². The fourth-order valence-electron chi connectivity index (χ4n) is 2.73. The summed E-state index contributed by atoms with van der Waals surface area (Å²) in [5.74, 6) is 0.969. The van der Waals surface area contributed by atoms with Gasteiger partial charge in [0, 0.05) is 10.6 Å². The van der Waals surface area contributed by atoms with Gasteiger partial charge >= 0.3 is 0 Å². The number of hydrogen-bond acceptors (Lipinski definition) is 2. The van der Waals surface area contributed by atoms with Crippen LogP contribution in [0.5, 0.6) is 0 Å². The molecular weight excluding hydrogens is 262 g/mol. The standard InChI is InChI=1S/C18H17NS/c1-13-9-14(11-19)5-6-17(13)12-20-18-8-7-15-3-2-4-16(15)10-18/h5-10H,2-4,12H2,1H3. The Morgan fingerprint density at radius 2 is 1.95 bits per heavy atom. The lowest BCUT2D eigenvalue weighted by Gasteiger charge is -2.07. The van der Waals surface area contributed by atoms with E-state index in [4.69, 9.17) is 5.26 Å². The monoisotopic (exact) mass is 279 g/mol. The minimum Gasteiger partial charge on any atom is -0.192 e. The van der Waals surface area contributed by atoms with Gasteiger partial charge in [-0.2, -0.15) is 5.26 Å². The summed E-state index contributed by atoms with van der Waals surface area (Å²) in [5, 5.41) is 8.90. The fourth-order valence-corrected chi connectivity index (χ4v) is 3.76. The number of rotatable bonds is 3. The minimum absolute atomic E-state index is 0.744. The lowest BCUT2D eigenvalue weighted by Crippen LogP contribution is -1.89. The molecule has 0 unspecified atom stereocenters. The van der Waals surface area contributed by atoms with E-state index in [9.17, 15) is 0 Å². The zero-order valence-electron chi connectivity index (χ0n) is 11.6. The molecule has 2 aromatic rings. The van der Waals surface area contributed by atoms with Crippen LogP contribution in [0.15, 0.2) is 41.3 Å². The summed E-state index contributed by atoms with van der Waals surface area (Å²) in [6, 6.07) is 15.0. The van der Waals surface area contributed by atoms with Gasteiger partial charge in [0.15, 0.2) is 0 Å². The number of nitrogens with zero attached hydrogens (tertiary/aromatic N) is 1. The molecule has 1 nitrogen and oxygen atoms in total. The van der Waals surface area contributed by atoms with Gasteiger partial charge in [-0.1, -0.05) is 12.1 Å². The second-order valence-corrected chi connectivity index (χ2v) is 6.37. The van der Waals surface area contributed by atoms with Crippen molar-refractivity contribution in [3.05, 3.63) is 64.2 Å². The average Bonchev–Trinajstić information content (AvgIpc) is 2.93. The van der Waals surface area contributed by atoms with E-state index in [1.807, 2.05) is 23.9 Å². The Kier molecular flexibility index (Phi) is 3.80. The van der Waals surface area contributed by atoms with Crippen LogP contribution in [-0.2, 0) is 18.6 Å². The van der Waals surface area contributed by atoms with Crippen LogP contribution in [0.4, 0.5) is 0 Å². The van der Waals surface area contributed by atoms with Gasteiger partial charge < -0.3 is 0 Å². The molecule has 100 valence electrons. The number of benzene rings is 2. The van der Waals surface area contributed by atoms with Crippen molar-refractivity contribution in [2.24, 2.45) is 0 Å². The van der Waals surface area contributed by atoms with E-state index >= 15 is 0 Å². The highest BCUT2D eigenvalue weighted by Gasteiger charge is 2.11. The summed E-state index contributed by atoms with van der Waals surface area (Å²) < 4.78 is 0. The van der Waals surface area contributed by atoms with Crippen LogP contribution in [0.1, 0.15) is 34.2 Å². The van der Waals surface area contributed by atoms with E-state index in [0.29, 0.717) is 0 Å². The van der Waals surface area contributed by atoms with E-state index in [0.717, 1.165) is 11.3 Å². The van der Waals surface area contributed by atoms with Crippen molar-refractivity contribution >= 4 is 11.8 Å². The van der Waals surface area contributed by atoms with Crippen molar-refractivity contribution in [1.82, 2.24) is 0 Å². The quantitative estimate of drug-likeness (QED) is 0.764. The smallest absolute Gasteiger partial charge is 0.0991 e. The molecule has 0 fully saturated rings. The van der Waals surface area contributed by atoms with Gasteiger partial charge in [0.05, 0.1) is 11.6 Å². The molecule has 0 N–H and O–H groups in total.